The first-order valence-corrected chi connectivity index (χ1v) is 7.58. The molecule has 2 bridgehead atoms. The van der Waals surface area contributed by atoms with Crippen LogP contribution in [-0.4, -0.2) is 49.2 Å². The Bertz CT molecular complexity index is 425. The zero-order valence-electron chi connectivity index (χ0n) is 11.4. The molecule has 2 atom stereocenters. The summed E-state index contributed by atoms with van der Waals surface area (Å²) in [6.45, 7) is 6.45. The molecule has 0 aliphatic carbocycles. The van der Waals surface area contributed by atoms with Gasteiger partial charge in [-0.15, -0.1) is 0 Å². The fraction of sp³-hybridized carbons (Fsp3) is 0.625. The van der Waals surface area contributed by atoms with Crippen LogP contribution in [0.5, 0.6) is 0 Å². The van der Waals surface area contributed by atoms with E-state index >= 15 is 0 Å². The SMILES string of the molecule is c1ccc2c(c1)C1CCC2N1CCN1CCOCC1. The topological polar surface area (TPSA) is 15.7 Å². The van der Waals surface area contributed by atoms with E-state index in [1.54, 1.807) is 11.1 Å². The summed E-state index contributed by atoms with van der Waals surface area (Å²) in [5, 5.41) is 0. The highest BCUT2D eigenvalue weighted by molar-refractivity contribution is 5.39. The molecule has 102 valence electrons. The van der Waals surface area contributed by atoms with Crippen molar-refractivity contribution >= 4 is 0 Å². The number of fused-ring (bicyclic) bond motifs is 5. The van der Waals surface area contributed by atoms with E-state index < -0.39 is 0 Å². The molecular formula is C16H22N2O. The second-order valence-electron chi connectivity index (χ2n) is 5.93. The Balaban J connectivity index is 1.44. The molecular weight excluding hydrogens is 236 g/mol. The summed E-state index contributed by atoms with van der Waals surface area (Å²) in [5.74, 6) is 0. The van der Waals surface area contributed by atoms with Crippen LogP contribution in [0.4, 0.5) is 0 Å². The van der Waals surface area contributed by atoms with Crippen LogP contribution in [-0.2, 0) is 4.74 Å². The Morgan fingerprint density at radius 3 is 2.21 bits per heavy atom. The lowest BCUT2D eigenvalue weighted by molar-refractivity contribution is 0.0313. The summed E-state index contributed by atoms with van der Waals surface area (Å²) in [6, 6.07) is 10.4. The van der Waals surface area contributed by atoms with Gasteiger partial charge in [-0.05, 0) is 24.0 Å². The van der Waals surface area contributed by atoms with Gasteiger partial charge in [0.25, 0.3) is 0 Å². The van der Waals surface area contributed by atoms with Crippen molar-refractivity contribution < 1.29 is 4.74 Å². The predicted molar refractivity (Wildman–Crippen MR) is 75.1 cm³/mol. The van der Waals surface area contributed by atoms with E-state index in [9.17, 15) is 0 Å². The molecule has 3 heteroatoms. The quantitative estimate of drug-likeness (QED) is 0.826. The Hall–Kier alpha value is -0.900. The monoisotopic (exact) mass is 258 g/mol. The highest BCUT2D eigenvalue weighted by Crippen LogP contribution is 2.52. The average molecular weight is 258 g/mol. The van der Waals surface area contributed by atoms with Gasteiger partial charge in [-0.3, -0.25) is 9.80 Å². The molecule has 0 N–H and O–H groups in total. The first-order chi connectivity index (χ1) is 9.43. The van der Waals surface area contributed by atoms with E-state index in [2.05, 4.69) is 34.1 Å². The van der Waals surface area contributed by atoms with Crippen LogP contribution in [0.3, 0.4) is 0 Å². The van der Waals surface area contributed by atoms with Crippen LogP contribution in [0, 0.1) is 0 Å². The number of hydrogen-bond donors (Lipinski definition) is 0. The molecule has 4 rings (SSSR count). The van der Waals surface area contributed by atoms with Crippen molar-refractivity contribution in [1.82, 2.24) is 9.80 Å². The van der Waals surface area contributed by atoms with Crippen molar-refractivity contribution in [2.45, 2.75) is 24.9 Å². The van der Waals surface area contributed by atoms with E-state index in [1.807, 2.05) is 0 Å². The third kappa shape index (κ3) is 2.00. The second-order valence-corrected chi connectivity index (χ2v) is 5.93. The van der Waals surface area contributed by atoms with E-state index in [0.29, 0.717) is 12.1 Å². The van der Waals surface area contributed by atoms with Gasteiger partial charge >= 0.3 is 0 Å². The molecule has 2 saturated heterocycles. The maximum Gasteiger partial charge on any atom is 0.0594 e. The van der Waals surface area contributed by atoms with E-state index in [4.69, 9.17) is 4.74 Å². The predicted octanol–water partition coefficient (Wildman–Crippen LogP) is 2.21. The van der Waals surface area contributed by atoms with Crippen LogP contribution >= 0.6 is 0 Å². The maximum atomic E-state index is 5.42. The molecule has 1 aromatic rings. The van der Waals surface area contributed by atoms with E-state index in [-0.39, 0.29) is 0 Å². The molecule has 2 fully saturated rings. The third-order valence-electron chi connectivity index (χ3n) is 5.01. The summed E-state index contributed by atoms with van der Waals surface area (Å²) in [6.07, 6.45) is 2.70. The zero-order valence-corrected chi connectivity index (χ0v) is 11.4. The minimum atomic E-state index is 0.697. The minimum absolute atomic E-state index is 0.697. The van der Waals surface area contributed by atoms with Gasteiger partial charge in [0, 0.05) is 38.3 Å². The van der Waals surface area contributed by atoms with Crippen molar-refractivity contribution in [2.24, 2.45) is 0 Å². The molecule has 0 amide bonds. The molecule has 0 radical (unpaired) electrons. The largest absolute Gasteiger partial charge is 0.379 e. The van der Waals surface area contributed by atoms with Crippen molar-refractivity contribution in [3.05, 3.63) is 35.4 Å². The van der Waals surface area contributed by atoms with Crippen LogP contribution in [0.1, 0.15) is 36.1 Å². The minimum Gasteiger partial charge on any atom is -0.379 e. The Morgan fingerprint density at radius 2 is 1.58 bits per heavy atom. The smallest absolute Gasteiger partial charge is 0.0594 e. The van der Waals surface area contributed by atoms with Gasteiger partial charge in [-0.2, -0.15) is 0 Å². The van der Waals surface area contributed by atoms with Gasteiger partial charge < -0.3 is 4.74 Å². The summed E-state index contributed by atoms with van der Waals surface area (Å²) in [7, 11) is 0. The number of nitrogens with zero attached hydrogens (tertiary/aromatic N) is 2. The molecule has 0 spiro atoms. The lowest BCUT2D eigenvalue weighted by Gasteiger charge is -2.30. The lowest BCUT2D eigenvalue weighted by Crippen LogP contribution is -2.40. The average Bonchev–Trinajstić information content (AvgIpc) is 3.02. The fourth-order valence-electron chi connectivity index (χ4n) is 4.04. The number of rotatable bonds is 3. The molecule has 0 saturated carbocycles. The van der Waals surface area contributed by atoms with Crippen LogP contribution in [0.2, 0.25) is 0 Å². The first kappa shape index (κ1) is 11.9. The molecule has 3 heterocycles. The van der Waals surface area contributed by atoms with Crippen molar-refractivity contribution in [3.63, 3.8) is 0 Å². The van der Waals surface area contributed by atoms with Crippen LogP contribution < -0.4 is 0 Å². The van der Waals surface area contributed by atoms with Crippen molar-refractivity contribution in [3.8, 4) is 0 Å². The number of morpholine rings is 1. The molecule has 3 aliphatic rings. The normalized spacial score (nSPS) is 30.7. The lowest BCUT2D eigenvalue weighted by atomic mass is 9.92. The molecule has 0 aromatic heterocycles. The number of hydrogen-bond acceptors (Lipinski definition) is 3. The van der Waals surface area contributed by atoms with Gasteiger partial charge in [-0.25, -0.2) is 0 Å². The molecule has 19 heavy (non-hydrogen) atoms. The zero-order chi connectivity index (χ0) is 12.7. The highest BCUT2D eigenvalue weighted by Gasteiger charge is 2.43. The summed E-state index contributed by atoms with van der Waals surface area (Å²) in [4.78, 5) is 5.28. The number of benzene rings is 1. The highest BCUT2D eigenvalue weighted by atomic mass is 16.5. The van der Waals surface area contributed by atoms with Gasteiger partial charge in [0.15, 0.2) is 0 Å². The summed E-state index contributed by atoms with van der Waals surface area (Å²) < 4.78 is 5.42. The Morgan fingerprint density at radius 1 is 0.947 bits per heavy atom. The third-order valence-corrected chi connectivity index (χ3v) is 5.01. The molecule has 3 nitrogen and oxygen atoms in total. The van der Waals surface area contributed by atoms with Crippen LogP contribution in [0.15, 0.2) is 24.3 Å². The summed E-state index contributed by atoms with van der Waals surface area (Å²) >= 11 is 0. The summed E-state index contributed by atoms with van der Waals surface area (Å²) in [5.41, 5.74) is 3.20. The molecule has 2 unspecified atom stereocenters. The Labute approximate surface area is 115 Å². The Kier molecular flexibility index (Phi) is 3.06. The van der Waals surface area contributed by atoms with Gasteiger partial charge in [-0.1, -0.05) is 24.3 Å². The maximum absolute atomic E-state index is 5.42. The van der Waals surface area contributed by atoms with Gasteiger partial charge in [0.1, 0.15) is 0 Å². The first-order valence-electron chi connectivity index (χ1n) is 7.58. The fourth-order valence-corrected chi connectivity index (χ4v) is 4.04. The van der Waals surface area contributed by atoms with E-state index in [1.165, 1.54) is 25.9 Å². The molecule has 3 aliphatic heterocycles. The van der Waals surface area contributed by atoms with Gasteiger partial charge in [0.2, 0.25) is 0 Å². The second kappa shape index (κ2) is 4.89. The van der Waals surface area contributed by atoms with Crippen molar-refractivity contribution in [2.75, 3.05) is 39.4 Å². The number of ether oxygens (including phenoxy) is 1. The molecule has 1 aromatic carbocycles. The standard InChI is InChI=1S/C16H22N2O/c1-2-4-14-13(3-1)15-5-6-16(14)18(15)8-7-17-9-11-19-12-10-17/h1-4,15-16H,5-12H2. The van der Waals surface area contributed by atoms with Crippen LogP contribution in [0.25, 0.3) is 0 Å². The van der Waals surface area contributed by atoms with E-state index in [0.717, 1.165) is 26.3 Å². The van der Waals surface area contributed by atoms with Crippen molar-refractivity contribution in [1.29, 1.82) is 0 Å². The van der Waals surface area contributed by atoms with Gasteiger partial charge in [0.05, 0.1) is 13.2 Å².